The minimum Gasteiger partial charge on any atom is -0.372 e. The van der Waals surface area contributed by atoms with Crippen molar-refractivity contribution < 1.29 is 9.53 Å². The Labute approximate surface area is 128 Å². The first-order valence-corrected chi connectivity index (χ1v) is 7.33. The van der Waals surface area contributed by atoms with Crippen molar-refractivity contribution in [1.29, 1.82) is 0 Å². The molecule has 0 spiro atoms. The summed E-state index contributed by atoms with van der Waals surface area (Å²) in [5.74, 6) is -0.0981. The van der Waals surface area contributed by atoms with Crippen LogP contribution in [0, 0.1) is 0 Å². The topological polar surface area (TPSA) is 42.4 Å². The first kappa shape index (κ1) is 14.3. The molecule has 110 valence electrons. The molecule has 0 saturated carbocycles. The monoisotopic (exact) mass is 304 g/mol. The van der Waals surface area contributed by atoms with Crippen molar-refractivity contribution in [3.05, 3.63) is 41.0 Å². The molecule has 1 aliphatic rings. The van der Waals surface area contributed by atoms with Crippen molar-refractivity contribution in [3.63, 3.8) is 0 Å². The van der Waals surface area contributed by atoms with Gasteiger partial charge in [-0.05, 0) is 26.0 Å². The highest BCUT2D eigenvalue weighted by Crippen LogP contribution is 2.24. The molecule has 1 aromatic carbocycles. The van der Waals surface area contributed by atoms with Gasteiger partial charge in [0.15, 0.2) is 0 Å². The number of carbonyl (C=O) groups excluding carboxylic acids is 1. The molecule has 5 heteroatoms. The molecule has 0 radical (unpaired) electrons. The maximum atomic E-state index is 12.6. The summed E-state index contributed by atoms with van der Waals surface area (Å²) in [4.78, 5) is 18.8. The van der Waals surface area contributed by atoms with Crippen molar-refractivity contribution in [3.8, 4) is 0 Å². The molecule has 0 unspecified atom stereocenters. The van der Waals surface area contributed by atoms with E-state index in [2.05, 4.69) is 4.98 Å². The average Bonchev–Trinajstić information content (AvgIpc) is 2.45. The van der Waals surface area contributed by atoms with Gasteiger partial charge in [-0.2, -0.15) is 0 Å². The third-order valence-corrected chi connectivity index (χ3v) is 3.91. The van der Waals surface area contributed by atoms with Crippen LogP contribution in [0.4, 0.5) is 0 Å². The third-order valence-electron chi connectivity index (χ3n) is 3.60. The summed E-state index contributed by atoms with van der Waals surface area (Å²) >= 11 is 6.27. The van der Waals surface area contributed by atoms with Crippen molar-refractivity contribution in [2.45, 2.75) is 19.4 Å². The van der Waals surface area contributed by atoms with Crippen LogP contribution >= 0.6 is 11.6 Å². The van der Waals surface area contributed by atoms with Crippen LogP contribution in [-0.4, -0.2) is 41.1 Å². The molecule has 1 aliphatic heterocycles. The van der Waals surface area contributed by atoms with Crippen LogP contribution in [0.25, 0.3) is 10.9 Å². The van der Waals surface area contributed by atoms with E-state index in [0.29, 0.717) is 30.4 Å². The lowest BCUT2D eigenvalue weighted by Gasteiger charge is -2.38. The van der Waals surface area contributed by atoms with Gasteiger partial charge < -0.3 is 9.64 Å². The molecular weight excluding hydrogens is 288 g/mol. The Hall–Kier alpha value is -1.65. The molecule has 0 bridgehead atoms. The Bertz CT molecular complexity index is 700. The number of aromatic nitrogens is 1. The van der Waals surface area contributed by atoms with Gasteiger partial charge >= 0.3 is 0 Å². The smallest absolute Gasteiger partial charge is 0.272 e. The fourth-order valence-electron chi connectivity index (χ4n) is 2.59. The second kappa shape index (κ2) is 5.28. The highest BCUT2D eigenvalue weighted by atomic mass is 35.5. The van der Waals surface area contributed by atoms with E-state index in [1.54, 1.807) is 11.0 Å². The Morgan fingerprint density at radius 2 is 2.14 bits per heavy atom. The summed E-state index contributed by atoms with van der Waals surface area (Å²) in [5.41, 5.74) is 0.798. The number of carbonyl (C=O) groups is 1. The second-order valence-electron chi connectivity index (χ2n) is 5.84. The highest BCUT2D eigenvalue weighted by Gasteiger charge is 2.31. The van der Waals surface area contributed by atoms with Gasteiger partial charge in [-0.15, -0.1) is 0 Å². The van der Waals surface area contributed by atoms with Crippen LogP contribution in [0.15, 0.2) is 30.3 Å². The third kappa shape index (κ3) is 2.87. The predicted octanol–water partition coefficient (Wildman–Crippen LogP) is 3.14. The zero-order valence-electron chi connectivity index (χ0n) is 12.1. The molecule has 2 heterocycles. The fraction of sp³-hybridized carbons (Fsp3) is 0.375. The lowest BCUT2D eigenvalue weighted by atomic mass is 10.1. The number of amides is 1. The Kier molecular flexibility index (Phi) is 3.59. The molecule has 0 aliphatic carbocycles. The van der Waals surface area contributed by atoms with E-state index < -0.39 is 0 Å². The molecule has 0 N–H and O–H groups in total. The van der Waals surface area contributed by atoms with Gasteiger partial charge in [-0.1, -0.05) is 29.8 Å². The number of nitrogens with zero attached hydrogens (tertiary/aromatic N) is 2. The first-order chi connectivity index (χ1) is 9.96. The Morgan fingerprint density at radius 1 is 1.38 bits per heavy atom. The minimum atomic E-state index is -0.325. The number of ether oxygens (including phenoxy) is 1. The number of pyridine rings is 1. The number of para-hydroxylation sites is 1. The summed E-state index contributed by atoms with van der Waals surface area (Å²) < 4.78 is 5.64. The maximum absolute atomic E-state index is 12.6. The van der Waals surface area contributed by atoms with E-state index in [4.69, 9.17) is 16.3 Å². The average molecular weight is 305 g/mol. The van der Waals surface area contributed by atoms with Crippen LogP contribution in [0.1, 0.15) is 24.3 Å². The number of fused-ring (bicyclic) bond motifs is 1. The molecule has 0 atom stereocenters. The van der Waals surface area contributed by atoms with Gasteiger partial charge in [-0.3, -0.25) is 4.79 Å². The van der Waals surface area contributed by atoms with Crippen LogP contribution in [-0.2, 0) is 4.74 Å². The van der Waals surface area contributed by atoms with Crippen LogP contribution in [0.5, 0.6) is 0 Å². The normalized spacial score (nSPS) is 18.0. The molecule has 1 aromatic heterocycles. The molecule has 3 rings (SSSR count). The Balaban J connectivity index is 1.94. The standard InChI is InChI=1S/C16H17ClN2O2/c1-16(2)10-19(7-8-21-16)15(20)14-9-12(17)11-5-3-4-6-13(11)18-14/h3-6,9H,7-8,10H2,1-2H3. The van der Waals surface area contributed by atoms with Gasteiger partial charge in [-0.25, -0.2) is 4.98 Å². The molecular formula is C16H17ClN2O2. The summed E-state index contributed by atoms with van der Waals surface area (Å²) in [7, 11) is 0. The summed E-state index contributed by atoms with van der Waals surface area (Å²) in [6.45, 7) is 5.63. The van der Waals surface area contributed by atoms with E-state index in [1.165, 1.54) is 0 Å². The van der Waals surface area contributed by atoms with E-state index in [1.807, 2.05) is 38.1 Å². The molecule has 1 saturated heterocycles. The van der Waals surface area contributed by atoms with Crippen LogP contribution in [0.3, 0.4) is 0 Å². The zero-order valence-corrected chi connectivity index (χ0v) is 12.9. The lowest BCUT2D eigenvalue weighted by molar-refractivity contribution is -0.0765. The van der Waals surface area contributed by atoms with Crippen molar-refractivity contribution >= 4 is 28.4 Å². The zero-order chi connectivity index (χ0) is 15.0. The fourth-order valence-corrected chi connectivity index (χ4v) is 2.86. The number of halogens is 1. The minimum absolute atomic E-state index is 0.0981. The number of rotatable bonds is 1. The number of morpholine rings is 1. The van der Waals surface area contributed by atoms with Gasteiger partial charge in [0.1, 0.15) is 5.69 Å². The van der Waals surface area contributed by atoms with Gasteiger partial charge in [0, 0.05) is 18.5 Å². The molecule has 1 amide bonds. The predicted molar refractivity (Wildman–Crippen MR) is 82.7 cm³/mol. The van der Waals surface area contributed by atoms with Crippen LogP contribution in [0.2, 0.25) is 5.02 Å². The molecule has 2 aromatic rings. The number of hydrogen-bond acceptors (Lipinski definition) is 3. The van der Waals surface area contributed by atoms with Gasteiger partial charge in [0.25, 0.3) is 5.91 Å². The quantitative estimate of drug-likeness (QED) is 0.813. The van der Waals surface area contributed by atoms with Crippen molar-refractivity contribution in [2.24, 2.45) is 0 Å². The first-order valence-electron chi connectivity index (χ1n) is 6.95. The molecule has 21 heavy (non-hydrogen) atoms. The largest absolute Gasteiger partial charge is 0.372 e. The van der Waals surface area contributed by atoms with E-state index in [9.17, 15) is 4.79 Å². The number of hydrogen-bond donors (Lipinski definition) is 0. The number of benzene rings is 1. The molecule has 4 nitrogen and oxygen atoms in total. The van der Waals surface area contributed by atoms with Crippen LogP contribution < -0.4 is 0 Å². The SMILES string of the molecule is CC1(C)CN(C(=O)c2cc(Cl)c3ccccc3n2)CCO1. The van der Waals surface area contributed by atoms with E-state index >= 15 is 0 Å². The summed E-state index contributed by atoms with van der Waals surface area (Å²) in [6, 6.07) is 9.20. The highest BCUT2D eigenvalue weighted by molar-refractivity contribution is 6.35. The van der Waals surface area contributed by atoms with E-state index in [0.717, 1.165) is 10.9 Å². The van der Waals surface area contributed by atoms with Crippen molar-refractivity contribution in [1.82, 2.24) is 9.88 Å². The van der Waals surface area contributed by atoms with Crippen molar-refractivity contribution in [2.75, 3.05) is 19.7 Å². The van der Waals surface area contributed by atoms with Gasteiger partial charge in [0.2, 0.25) is 0 Å². The summed E-state index contributed by atoms with van der Waals surface area (Å²) in [5, 5.41) is 1.41. The molecule has 1 fully saturated rings. The van der Waals surface area contributed by atoms with E-state index in [-0.39, 0.29) is 11.5 Å². The van der Waals surface area contributed by atoms with Gasteiger partial charge in [0.05, 0.1) is 22.7 Å². The Morgan fingerprint density at radius 3 is 2.90 bits per heavy atom. The summed E-state index contributed by atoms with van der Waals surface area (Å²) in [6.07, 6.45) is 0. The second-order valence-corrected chi connectivity index (χ2v) is 6.25. The maximum Gasteiger partial charge on any atom is 0.272 e. The lowest BCUT2D eigenvalue weighted by Crippen LogP contribution is -2.50.